The molecule has 0 fully saturated rings. The van der Waals surface area contributed by atoms with Crippen molar-refractivity contribution >= 4 is 5.84 Å². The molecule has 0 spiro atoms. The van der Waals surface area contributed by atoms with E-state index in [0.717, 1.165) is 5.56 Å². The molecular weight excluding hydrogens is 254 g/mol. The molecular formula is C15H25N3O2. The monoisotopic (exact) mass is 279 g/mol. The summed E-state index contributed by atoms with van der Waals surface area (Å²) in [5.41, 5.74) is 7.41. The maximum atomic E-state index is 9.15. The number of nitrogens with one attached hydrogen (secondary N) is 1. The summed E-state index contributed by atoms with van der Waals surface area (Å²) in [7, 11) is 0. The summed E-state index contributed by atoms with van der Waals surface area (Å²) in [6, 6.07) is 7.77. The molecule has 5 N–H and O–H groups in total. The second-order valence-electron chi connectivity index (χ2n) is 6.00. The van der Waals surface area contributed by atoms with Crippen molar-refractivity contribution in [3.05, 3.63) is 35.4 Å². The highest BCUT2D eigenvalue weighted by Crippen LogP contribution is 2.22. The Morgan fingerprint density at radius 1 is 1.40 bits per heavy atom. The predicted octanol–water partition coefficient (Wildman–Crippen LogP) is 1.67. The van der Waals surface area contributed by atoms with Crippen molar-refractivity contribution in [3.8, 4) is 0 Å². The molecule has 1 atom stereocenters. The zero-order chi connectivity index (χ0) is 15.2. The first-order valence-corrected chi connectivity index (χ1v) is 6.79. The van der Waals surface area contributed by atoms with Gasteiger partial charge in [0.25, 0.3) is 0 Å². The van der Waals surface area contributed by atoms with Crippen LogP contribution in [0.2, 0.25) is 0 Å². The van der Waals surface area contributed by atoms with Crippen LogP contribution in [0.5, 0.6) is 0 Å². The van der Waals surface area contributed by atoms with E-state index in [9.17, 15) is 0 Å². The largest absolute Gasteiger partial charge is 0.409 e. The summed E-state index contributed by atoms with van der Waals surface area (Å²) in [6.45, 7) is 7.28. The number of hydrogen-bond donors (Lipinski definition) is 4. The average molecular weight is 279 g/mol. The quantitative estimate of drug-likeness (QED) is 0.276. The molecule has 0 saturated heterocycles. The Balaban J connectivity index is 2.73. The van der Waals surface area contributed by atoms with Gasteiger partial charge in [0.1, 0.15) is 0 Å². The molecule has 1 aromatic rings. The van der Waals surface area contributed by atoms with Crippen LogP contribution in [0.25, 0.3) is 0 Å². The number of oxime groups is 1. The van der Waals surface area contributed by atoms with Gasteiger partial charge in [-0.15, -0.1) is 0 Å². The molecule has 0 aliphatic carbocycles. The van der Waals surface area contributed by atoms with E-state index >= 15 is 0 Å². The minimum absolute atomic E-state index is 0.0753. The van der Waals surface area contributed by atoms with Gasteiger partial charge in [0.15, 0.2) is 5.84 Å². The Bertz CT molecular complexity index is 453. The summed E-state index contributed by atoms with van der Waals surface area (Å²) in [4.78, 5) is 0. The third-order valence-corrected chi connectivity index (χ3v) is 3.35. The van der Waals surface area contributed by atoms with Crippen molar-refractivity contribution in [2.24, 2.45) is 16.3 Å². The normalized spacial score (nSPS) is 14.3. The summed E-state index contributed by atoms with van der Waals surface area (Å²) in [5.74, 6) is 0.106. The first-order chi connectivity index (χ1) is 9.38. The van der Waals surface area contributed by atoms with Gasteiger partial charge in [-0.3, -0.25) is 0 Å². The molecule has 20 heavy (non-hydrogen) atoms. The van der Waals surface area contributed by atoms with Crippen LogP contribution < -0.4 is 11.1 Å². The number of benzene rings is 1. The number of nitrogens with zero attached hydrogens (tertiary/aromatic N) is 1. The Morgan fingerprint density at radius 3 is 2.65 bits per heavy atom. The minimum atomic E-state index is 0.0753. The lowest BCUT2D eigenvalue weighted by atomic mass is 9.85. The Hall–Kier alpha value is -1.59. The lowest BCUT2D eigenvalue weighted by Gasteiger charge is -2.31. The van der Waals surface area contributed by atoms with Gasteiger partial charge in [0.05, 0.1) is 0 Å². The third kappa shape index (κ3) is 4.83. The molecule has 0 aromatic heterocycles. The van der Waals surface area contributed by atoms with E-state index in [1.165, 1.54) is 0 Å². The van der Waals surface area contributed by atoms with Gasteiger partial charge in [-0.2, -0.15) is 0 Å². The molecule has 0 heterocycles. The number of aliphatic hydroxyl groups excluding tert-OH is 1. The van der Waals surface area contributed by atoms with E-state index in [2.05, 4.69) is 31.2 Å². The maximum Gasteiger partial charge on any atom is 0.170 e. The Morgan fingerprint density at radius 2 is 2.10 bits per heavy atom. The Kier molecular flexibility index (Phi) is 5.98. The lowest BCUT2D eigenvalue weighted by Crippen LogP contribution is -2.40. The SMILES string of the molecule is CC(C)(C)C(CCO)NCc1cccc(/C(N)=N/O)c1. The lowest BCUT2D eigenvalue weighted by molar-refractivity contribution is 0.196. The fraction of sp³-hybridized carbons (Fsp3) is 0.533. The van der Waals surface area contributed by atoms with Crippen molar-refractivity contribution in [2.45, 2.75) is 39.8 Å². The molecule has 5 heteroatoms. The van der Waals surface area contributed by atoms with Gasteiger partial charge in [0, 0.05) is 24.8 Å². The van der Waals surface area contributed by atoms with Gasteiger partial charge in [-0.25, -0.2) is 0 Å². The van der Waals surface area contributed by atoms with Gasteiger partial charge < -0.3 is 21.4 Å². The van der Waals surface area contributed by atoms with E-state index in [-0.39, 0.29) is 23.9 Å². The first-order valence-electron chi connectivity index (χ1n) is 6.79. The van der Waals surface area contributed by atoms with Gasteiger partial charge in [0.2, 0.25) is 0 Å². The number of amidine groups is 1. The number of hydrogen-bond acceptors (Lipinski definition) is 4. The van der Waals surface area contributed by atoms with Crippen LogP contribution in [0, 0.1) is 5.41 Å². The maximum absolute atomic E-state index is 9.15. The fourth-order valence-electron chi connectivity index (χ4n) is 2.11. The van der Waals surface area contributed by atoms with E-state index in [0.29, 0.717) is 18.5 Å². The zero-order valence-electron chi connectivity index (χ0n) is 12.4. The van der Waals surface area contributed by atoms with Crippen molar-refractivity contribution in [1.82, 2.24) is 5.32 Å². The molecule has 0 aliphatic rings. The van der Waals surface area contributed by atoms with Gasteiger partial charge in [-0.1, -0.05) is 44.1 Å². The van der Waals surface area contributed by atoms with Crippen LogP contribution in [0.15, 0.2) is 29.4 Å². The van der Waals surface area contributed by atoms with Crippen molar-refractivity contribution in [1.29, 1.82) is 0 Å². The van der Waals surface area contributed by atoms with E-state index in [1.807, 2.05) is 18.2 Å². The van der Waals surface area contributed by atoms with Crippen LogP contribution >= 0.6 is 0 Å². The molecule has 1 rings (SSSR count). The third-order valence-electron chi connectivity index (χ3n) is 3.35. The number of rotatable bonds is 6. The van der Waals surface area contributed by atoms with Crippen LogP contribution in [-0.2, 0) is 6.54 Å². The van der Waals surface area contributed by atoms with Crippen LogP contribution in [0.3, 0.4) is 0 Å². The van der Waals surface area contributed by atoms with Crippen molar-refractivity contribution in [2.75, 3.05) is 6.61 Å². The van der Waals surface area contributed by atoms with Gasteiger partial charge in [-0.05, 0) is 23.5 Å². The second-order valence-corrected chi connectivity index (χ2v) is 6.00. The molecule has 0 aliphatic heterocycles. The molecule has 5 nitrogen and oxygen atoms in total. The smallest absolute Gasteiger partial charge is 0.170 e. The standard InChI is InChI=1S/C15H25N3O2/c1-15(2,3)13(7-8-19)17-10-11-5-4-6-12(9-11)14(16)18-20/h4-6,9,13,17,19-20H,7-8,10H2,1-3H3,(H2,16,18). The van der Waals surface area contributed by atoms with E-state index < -0.39 is 0 Å². The zero-order valence-corrected chi connectivity index (χ0v) is 12.4. The molecule has 112 valence electrons. The van der Waals surface area contributed by atoms with Crippen molar-refractivity contribution in [3.63, 3.8) is 0 Å². The molecule has 0 saturated carbocycles. The average Bonchev–Trinajstić information content (AvgIpc) is 2.41. The molecule has 0 radical (unpaired) electrons. The predicted molar refractivity (Wildman–Crippen MR) is 80.7 cm³/mol. The second kappa shape index (κ2) is 7.26. The summed E-state index contributed by atoms with van der Waals surface area (Å²) < 4.78 is 0. The highest BCUT2D eigenvalue weighted by molar-refractivity contribution is 5.97. The molecule has 1 unspecified atom stereocenters. The summed E-state index contributed by atoms with van der Waals surface area (Å²) >= 11 is 0. The minimum Gasteiger partial charge on any atom is -0.409 e. The first kappa shape index (κ1) is 16.5. The topological polar surface area (TPSA) is 90.9 Å². The highest BCUT2D eigenvalue weighted by Gasteiger charge is 2.23. The summed E-state index contributed by atoms with van der Waals surface area (Å²) in [5, 5.41) is 24.3. The Labute approximate surface area is 120 Å². The van der Waals surface area contributed by atoms with Crippen LogP contribution in [-0.4, -0.2) is 28.8 Å². The van der Waals surface area contributed by atoms with Crippen LogP contribution in [0.4, 0.5) is 0 Å². The number of nitrogens with two attached hydrogens (primary N) is 1. The highest BCUT2D eigenvalue weighted by atomic mass is 16.4. The van der Waals surface area contributed by atoms with Crippen molar-refractivity contribution < 1.29 is 10.3 Å². The number of aliphatic hydroxyl groups is 1. The fourth-order valence-corrected chi connectivity index (χ4v) is 2.11. The van der Waals surface area contributed by atoms with E-state index in [1.54, 1.807) is 6.07 Å². The van der Waals surface area contributed by atoms with Crippen LogP contribution in [0.1, 0.15) is 38.3 Å². The molecule has 0 bridgehead atoms. The van der Waals surface area contributed by atoms with E-state index in [4.69, 9.17) is 16.0 Å². The molecule has 1 aromatic carbocycles. The van der Waals surface area contributed by atoms with Gasteiger partial charge >= 0.3 is 0 Å². The summed E-state index contributed by atoms with van der Waals surface area (Å²) in [6.07, 6.45) is 0.712. The molecule has 0 amide bonds.